The molecular weight excluding hydrogens is 414 g/mol. The van der Waals surface area contributed by atoms with Crippen molar-refractivity contribution in [2.45, 2.75) is 51.0 Å². The van der Waals surface area contributed by atoms with Crippen LogP contribution in [0.1, 0.15) is 47.7 Å². The van der Waals surface area contributed by atoms with Gasteiger partial charge in [-0.2, -0.15) is 0 Å². The fraction of sp³-hybridized carbons (Fsp3) is 0.391. The second kappa shape index (κ2) is 9.51. The Kier molecular flexibility index (Phi) is 7.00. The molecule has 2 aromatic carbocycles. The van der Waals surface area contributed by atoms with Crippen molar-refractivity contribution in [1.82, 2.24) is 10.2 Å². The minimum atomic E-state index is -3.74. The second-order valence-electron chi connectivity index (χ2n) is 7.90. The van der Waals surface area contributed by atoms with Crippen molar-refractivity contribution >= 4 is 27.5 Å². The average Bonchev–Trinajstić information content (AvgIpc) is 3.21. The van der Waals surface area contributed by atoms with Gasteiger partial charge in [0.2, 0.25) is 5.91 Å². The molecule has 1 aliphatic heterocycles. The summed E-state index contributed by atoms with van der Waals surface area (Å²) in [4.78, 5) is 27.1. The van der Waals surface area contributed by atoms with Gasteiger partial charge in [0.25, 0.3) is 15.9 Å². The number of hydrogen-bond acceptors (Lipinski definition) is 4. The Morgan fingerprint density at radius 1 is 1.10 bits per heavy atom. The van der Waals surface area contributed by atoms with Gasteiger partial charge in [-0.15, -0.1) is 0 Å². The molecule has 0 bridgehead atoms. The quantitative estimate of drug-likeness (QED) is 0.687. The Balaban J connectivity index is 1.72. The van der Waals surface area contributed by atoms with Crippen LogP contribution in [0.5, 0.6) is 0 Å². The third kappa shape index (κ3) is 5.25. The zero-order chi connectivity index (χ0) is 22.6. The van der Waals surface area contributed by atoms with Crippen LogP contribution in [0, 0.1) is 13.8 Å². The molecular formula is C23H29N3O4S. The Bertz CT molecular complexity index is 1060. The van der Waals surface area contributed by atoms with Gasteiger partial charge in [0.05, 0.1) is 4.90 Å². The molecule has 166 valence electrons. The summed E-state index contributed by atoms with van der Waals surface area (Å²) in [5, 5.41) is 2.86. The fourth-order valence-electron chi connectivity index (χ4n) is 3.81. The number of carbonyl (C=O) groups excluding carboxylic acids is 2. The van der Waals surface area contributed by atoms with Crippen molar-refractivity contribution in [1.29, 1.82) is 0 Å². The summed E-state index contributed by atoms with van der Waals surface area (Å²) in [5.74, 6) is -0.344. The standard InChI is InChI=1S/C23H29N3O4S/c1-4-13-24-22(27)20-6-5-14-26(20)23(28)18-8-10-19(11-9-18)25-31(29,30)21-12-7-16(2)15-17(21)3/h7-12,15,20,25H,4-6,13-14H2,1-3H3,(H,24,27). The van der Waals surface area contributed by atoms with Crippen LogP contribution in [0.15, 0.2) is 47.4 Å². The van der Waals surface area contributed by atoms with Crippen LogP contribution in [0.3, 0.4) is 0 Å². The van der Waals surface area contributed by atoms with Gasteiger partial charge >= 0.3 is 0 Å². The van der Waals surface area contributed by atoms with Crippen LogP contribution >= 0.6 is 0 Å². The van der Waals surface area contributed by atoms with Gasteiger partial charge in [0.1, 0.15) is 6.04 Å². The number of sulfonamides is 1. The van der Waals surface area contributed by atoms with Gasteiger partial charge in [-0.25, -0.2) is 8.42 Å². The smallest absolute Gasteiger partial charge is 0.262 e. The summed E-state index contributed by atoms with van der Waals surface area (Å²) in [6.45, 7) is 6.77. The number of amides is 2. The first kappa shape index (κ1) is 22.8. The molecule has 1 fully saturated rings. The monoisotopic (exact) mass is 443 g/mol. The number of nitrogens with zero attached hydrogens (tertiary/aromatic N) is 1. The van der Waals surface area contributed by atoms with Crippen molar-refractivity contribution < 1.29 is 18.0 Å². The van der Waals surface area contributed by atoms with E-state index >= 15 is 0 Å². The molecule has 1 unspecified atom stereocenters. The first-order chi connectivity index (χ1) is 14.7. The summed E-state index contributed by atoms with van der Waals surface area (Å²) < 4.78 is 28.0. The topological polar surface area (TPSA) is 95.6 Å². The Morgan fingerprint density at radius 3 is 2.45 bits per heavy atom. The van der Waals surface area contributed by atoms with E-state index in [9.17, 15) is 18.0 Å². The minimum Gasteiger partial charge on any atom is -0.354 e. The number of hydrogen-bond donors (Lipinski definition) is 2. The van der Waals surface area contributed by atoms with E-state index in [1.807, 2.05) is 19.9 Å². The van der Waals surface area contributed by atoms with E-state index < -0.39 is 16.1 Å². The maximum atomic E-state index is 12.9. The summed E-state index contributed by atoms with van der Waals surface area (Å²) in [7, 11) is -3.74. The van der Waals surface area contributed by atoms with Gasteiger partial charge in [-0.3, -0.25) is 14.3 Å². The van der Waals surface area contributed by atoms with Crippen molar-refractivity contribution in [3.05, 3.63) is 59.2 Å². The SMILES string of the molecule is CCCNC(=O)C1CCCN1C(=O)c1ccc(NS(=O)(=O)c2ccc(C)cc2C)cc1. The molecule has 3 rings (SSSR count). The van der Waals surface area contributed by atoms with Crippen LogP contribution in [0.2, 0.25) is 0 Å². The molecule has 1 atom stereocenters. The molecule has 1 aliphatic rings. The minimum absolute atomic E-state index is 0.120. The number of rotatable bonds is 7. The lowest BCUT2D eigenvalue weighted by atomic mass is 10.1. The molecule has 0 aliphatic carbocycles. The first-order valence-corrected chi connectivity index (χ1v) is 12.0. The van der Waals surface area contributed by atoms with Gasteiger partial charge in [-0.05, 0) is 69.0 Å². The Labute approximate surface area is 183 Å². The van der Waals surface area contributed by atoms with E-state index in [0.717, 1.165) is 18.4 Å². The highest BCUT2D eigenvalue weighted by Gasteiger charge is 2.34. The highest BCUT2D eigenvalue weighted by atomic mass is 32.2. The zero-order valence-electron chi connectivity index (χ0n) is 18.1. The van der Waals surface area contributed by atoms with Crippen LogP contribution in [0.25, 0.3) is 0 Å². The van der Waals surface area contributed by atoms with E-state index in [0.29, 0.717) is 36.3 Å². The summed E-state index contributed by atoms with van der Waals surface area (Å²) >= 11 is 0. The molecule has 8 heteroatoms. The average molecular weight is 444 g/mol. The maximum Gasteiger partial charge on any atom is 0.262 e. The molecule has 2 N–H and O–H groups in total. The lowest BCUT2D eigenvalue weighted by Gasteiger charge is -2.24. The number of likely N-dealkylation sites (tertiary alicyclic amines) is 1. The van der Waals surface area contributed by atoms with Crippen LogP contribution in [-0.4, -0.2) is 44.3 Å². The van der Waals surface area contributed by atoms with Crippen LogP contribution in [0.4, 0.5) is 5.69 Å². The van der Waals surface area contributed by atoms with Gasteiger partial charge in [0, 0.05) is 24.3 Å². The highest BCUT2D eigenvalue weighted by molar-refractivity contribution is 7.92. The van der Waals surface area contributed by atoms with Crippen molar-refractivity contribution in [3.8, 4) is 0 Å². The molecule has 0 spiro atoms. The number of benzene rings is 2. The number of carbonyl (C=O) groups is 2. The van der Waals surface area contributed by atoms with E-state index in [4.69, 9.17) is 0 Å². The molecule has 0 aromatic heterocycles. The van der Waals surface area contributed by atoms with E-state index in [2.05, 4.69) is 10.0 Å². The molecule has 2 aromatic rings. The fourth-order valence-corrected chi connectivity index (χ4v) is 5.09. The van der Waals surface area contributed by atoms with E-state index in [-0.39, 0.29) is 16.7 Å². The molecule has 1 saturated heterocycles. The number of aryl methyl sites for hydroxylation is 2. The second-order valence-corrected chi connectivity index (χ2v) is 9.55. The van der Waals surface area contributed by atoms with E-state index in [1.165, 1.54) is 0 Å². The predicted molar refractivity (Wildman–Crippen MR) is 121 cm³/mol. The third-order valence-corrected chi connectivity index (χ3v) is 6.91. The first-order valence-electron chi connectivity index (χ1n) is 10.5. The predicted octanol–water partition coefficient (Wildman–Crippen LogP) is 3.24. The summed E-state index contributed by atoms with van der Waals surface area (Å²) in [6.07, 6.45) is 2.27. The third-order valence-electron chi connectivity index (χ3n) is 5.37. The Morgan fingerprint density at radius 2 is 1.81 bits per heavy atom. The molecule has 7 nitrogen and oxygen atoms in total. The maximum absolute atomic E-state index is 12.9. The number of nitrogens with one attached hydrogen (secondary N) is 2. The molecule has 0 radical (unpaired) electrons. The Hall–Kier alpha value is -2.87. The molecule has 2 amide bonds. The van der Waals surface area contributed by atoms with Gasteiger partial charge < -0.3 is 10.2 Å². The van der Waals surface area contributed by atoms with Crippen molar-refractivity contribution in [3.63, 3.8) is 0 Å². The van der Waals surface area contributed by atoms with Gasteiger partial charge in [0.15, 0.2) is 0 Å². The van der Waals surface area contributed by atoms with Crippen molar-refractivity contribution in [2.24, 2.45) is 0 Å². The lowest BCUT2D eigenvalue weighted by Crippen LogP contribution is -2.46. The van der Waals surface area contributed by atoms with Crippen LogP contribution in [-0.2, 0) is 14.8 Å². The van der Waals surface area contributed by atoms with Crippen molar-refractivity contribution in [2.75, 3.05) is 17.8 Å². The lowest BCUT2D eigenvalue weighted by molar-refractivity contribution is -0.124. The molecule has 0 saturated carbocycles. The van der Waals surface area contributed by atoms with Crippen LogP contribution < -0.4 is 10.0 Å². The summed E-state index contributed by atoms with van der Waals surface area (Å²) in [5.41, 5.74) is 2.45. The van der Waals surface area contributed by atoms with E-state index in [1.54, 1.807) is 48.2 Å². The normalized spacial score (nSPS) is 16.2. The van der Waals surface area contributed by atoms with Gasteiger partial charge in [-0.1, -0.05) is 24.6 Å². The zero-order valence-corrected chi connectivity index (χ0v) is 19.0. The molecule has 1 heterocycles. The summed E-state index contributed by atoms with van der Waals surface area (Å²) in [6, 6.07) is 11.0. The highest BCUT2D eigenvalue weighted by Crippen LogP contribution is 2.23. The molecule has 31 heavy (non-hydrogen) atoms. The largest absolute Gasteiger partial charge is 0.354 e. The number of anilines is 1.